The van der Waals surface area contributed by atoms with Gasteiger partial charge in [-0.05, 0) is 30.2 Å². The molecule has 0 aliphatic heterocycles. The summed E-state index contributed by atoms with van der Waals surface area (Å²) >= 11 is 0. The first-order valence-corrected chi connectivity index (χ1v) is 6.77. The van der Waals surface area contributed by atoms with E-state index in [1.54, 1.807) is 17.8 Å². The number of hydrogen-bond donors (Lipinski definition) is 2. The van der Waals surface area contributed by atoms with Gasteiger partial charge in [0, 0.05) is 13.6 Å². The molecule has 0 aliphatic carbocycles. The maximum Gasteiger partial charge on any atom is 0.315 e. The van der Waals surface area contributed by atoms with Gasteiger partial charge in [-0.15, -0.1) is 0 Å². The first-order chi connectivity index (χ1) is 10.6. The van der Waals surface area contributed by atoms with Crippen LogP contribution in [0.15, 0.2) is 24.5 Å². The Morgan fingerprint density at radius 3 is 2.91 bits per heavy atom. The number of amides is 2. The molecule has 2 aromatic rings. The summed E-state index contributed by atoms with van der Waals surface area (Å²) in [6.07, 6.45) is 1.89. The topological polar surface area (TPSA) is 81.1 Å². The van der Waals surface area contributed by atoms with Crippen LogP contribution in [0.1, 0.15) is 11.4 Å². The molecule has 0 fully saturated rings. The van der Waals surface area contributed by atoms with E-state index >= 15 is 0 Å². The van der Waals surface area contributed by atoms with E-state index in [-0.39, 0.29) is 18.4 Å². The fraction of sp³-hybridized carbons (Fsp3) is 0.357. The molecule has 118 valence electrons. The van der Waals surface area contributed by atoms with Crippen LogP contribution in [0.5, 0.6) is 5.75 Å². The van der Waals surface area contributed by atoms with Crippen LogP contribution in [0.25, 0.3) is 0 Å². The fourth-order valence-corrected chi connectivity index (χ4v) is 1.96. The Balaban J connectivity index is 1.77. The molecular weight excluding hydrogens is 289 g/mol. The first-order valence-electron chi connectivity index (χ1n) is 6.77. The molecule has 8 heteroatoms. The molecule has 1 aromatic heterocycles. The highest BCUT2D eigenvalue weighted by molar-refractivity contribution is 5.73. The van der Waals surface area contributed by atoms with E-state index in [9.17, 15) is 9.18 Å². The van der Waals surface area contributed by atoms with Crippen molar-refractivity contribution in [1.29, 1.82) is 0 Å². The van der Waals surface area contributed by atoms with Crippen molar-refractivity contribution in [2.75, 3.05) is 13.7 Å². The lowest BCUT2D eigenvalue weighted by Gasteiger charge is -2.10. The molecule has 2 N–H and O–H groups in total. The van der Waals surface area contributed by atoms with E-state index in [0.29, 0.717) is 30.1 Å². The van der Waals surface area contributed by atoms with Crippen LogP contribution in [0, 0.1) is 5.82 Å². The Labute approximate surface area is 127 Å². The molecule has 0 unspecified atom stereocenters. The summed E-state index contributed by atoms with van der Waals surface area (Å²) in [5, 5.41) is 9.28. The number of aryl methyl sites for hydroxylation is 1. The zero-order chi connectivity index (χ0) is 15.9. The van der Waals surface area contributed by atoms with Crippen LogP contribution in [-0.4, -0.2) is 34.5 Å². The number of nitrogens with zero attached hydrogens (tertiary/aromatic N) is 3. The van der Waals surface area contributed by atoms with Gasteiger partial charge < -0.3 is 15.4 Å². The van der Waals surface area contributed by atoms with Crippen molar-refractivity contribution in [2.24, 2.45) is 7.05 Å². The Morgan fingerprint density at radius 1 is 1.41 bits per heavy atom. The molecule has 2 amide bonds. The third-order valence-electron chi connectivity index (χ3n) is 3.13. The Kier molecular flexibility index (Phi) is 5.29. The van der Waals surface area contributed by atoms with E-state index in [1.165, 1.54) is 25.6 Å². The third kappa shape index (κ3) is 4.18. The van der Waals surface area contributed by atoms with Crippen molar-refractivity contribution in [1.82, 2.24) is 25.4 Å². The van der Waals surface area contributed by atoms with Crippen molar-refractivity contribution in [3.63, 3.8) is 0 Å². The van der Waals surface area contributed by atoms with Gasteiger partial charge in [-0.2, -0.15) is 5.10 Å². The highest BCUT2D eigenvalue weighted by Gasteiger charge is 2.07. The standard InChI is InChI=1S/C14H18FN5O2/c1-20-13(18-9-19-20)8-17-14(21)16-6-5-10-7-11(15)3-4-12(10)22-2/h3-4,7,9H,5-6,8H2,1-2H3,(H2,16,17,21). The van der Waals surface area contributed by atoms with Gasteiger partial charge in [0.05, 0.1) is 13.7 Å². The van der Waals surface area contributed by atoms with E-state index in [0.717, 1.165) is 0 Å². The molecule has 1 aromatic carbocycles. The van der Waals surface area contributed by atoms with Gasteiger partial charge in [0.2, 0.25) is 0 Å². The van der Waals surface area contributed by atoms with Crippen LogP contribution in [0.2, 0.25) is 0 Å². The number of urea groups is 1. The molecule has 0 radical (unpaired) electrons. The molecular formula is C14H18FN5O2. The average Bonchev–Trinajstić information content (AvgIpc) is 2.91. The minimum Gasteiger partial charge on any atom is -0.496 e. The number of hydrogen-bond acceptors (Lipinski definition) is 4. The second-order valence-electron chi connectivity index (χ2n) is 4.62. The number of halogens is 1. The maximum atomic E-state index is 13.2. The Morgan fingerprint density at radius 2 is 2.23 bits per heavy atom. The van der Waals surface area contributed by atoms with Gasteiger partial charge in [-0.25, -0.2) is 14.2 Å². The minimum atomic E-state index is -0.331. The van der Waals surface area contributed by atoms with Crippen LogP contribution in [-0.2, 0) is 20.0 Å². The quantitative estimate of drug-likeness (QED) is 0.834. The summed E-state index contributed by atoms with van der Waals surface area (Å²) in [7, 11) is 3.27. The summed E-state index contributed by atoms with van der Waals surface area (Å²) in [5.74, 6) is 0.923. The Hall–Kier alpha value is -2.64. The number of methoxy groups -OCH3 is 1. The number of carbonyl (C=O) groups is 1. The predicted octanol–water partition coefficient (Wildman–Crippen LogP) is 1.00. The zero-order valence-corrected chi connectivity index (χ0v) is 12.5. The lowest BCUT2D eigenvalue weighted by atomic mass is 10.1. The molecule has 0 spiro atoms. The summed E-state index contributed by atoms with van der Waals surface area (Å²) in [5.41, 5.74) is 0.705. The summed E-state index contributed by atoms with van der Waals surface area (Å²) in [6.45, 7) is 0.649. The maximum absolute atomic E-state index is 13.2. The average molecular weight is 307 g/mol. The molecule has 0 saturated carbocycles. The van der Waals surface area contributed by atoms with E-state index in [4.69, 9.17) is 4.74 Å². The lowest BCUT2D eigenvalue weighted by Crippen LogP contribution is -2.36. The minimum absolute atomic E-state index is 0.283. The largest absolute Gasteiger partial charge is 0.496 e. The van der Waals surface area contributed by atoms with Crippen molar-refractivity contribution in [3.8, 4) is 5.75 Å². The normalized spacial score (nSPS) is 10.3. The molecule has 0 aliphatic rings. The van der Waals surface area contributed by atoms with Gasteiger partial charge in [0.1, 0.15) is 23.7 Å². The number of carbonyl (C=O) groups excluding carboxylic acids is 1. The lowest BCUT2D eigenvalue weighted by molar-refractivity contribution is 0.240. The first kappa shape index (κ1) is 15.7. The molecule has 0 saturated heterocycles. The molecule has 2 rings (SSSR count). The Bertz CT molecular complexity index is 644. The van der Waals surface area contributed by atoms with Crippen LogP contribution in [0.4, 0.5) is 9.18 Å². The molecule has 0 atom stereocenters. The smallest absolute Gasteiger partial charge is 0.315 e. The third-order valence-corrected chi connectivity index (χ3v) is 3.13. The van der Waals surface area contributed by atoms with Gasteiger partial charge in [0.25, 0.3) is 0 Å². The van der Waals surface area contributed by atoms with E-state index < -0.39 is 0 Å². The van der Waals surface area contributed by atoms with Crippen molar-refractivity contribution < 1.29 is 13.9 Å². The van der Waals surface area contributed by atoms with E-state index in [1.807, 2.05) is 0 Å². The number of benzene rings is 1. The molecule has 1 heterocycles. The van der Waals surface area contributed by atoms with Gasteiger partial charge >= 0.3 is 6.03 Å². The van der Waals surface area contributed by atoms with Gasteiger partial charge in [-0.3, -0.25) is 4.68 Å². The summed E-state index contributed by atoms with van der Waals surface area (Å²) in [4.78, 5) is 15.7. The predicted molar refractivity (Wildman–Crippen MR) is 77.9 cm³/mol. The number of ether oxygens (including phenoxy) is 1. The number of rotatable bonds is 6. The highest BCUT2D eigenvalue weighted by Crippen LogP contribution is 2.19. The number of nitrogens with one attached hydrogen (secondary N) is 2. The monoisotopic (exact) mass is 307 g/mol. The van der Waals surface area contributed by atoms with Crippen LogP contribution < -0.4 is 15.4 Å². The van der Waals surface area contributed by atoms with Gasteiger partial charge in [-0.1, -0.05) is 0 Å². The highest BCUT2D eigenvalue weighted by atomic mass is 19.1. The van der Waals surface area contributed by atoms with Crippen LogP contribution >= 0.6 is 0 Å². The van der Waals surface area contributed by atoms with Gasteiger partial charge in [0.15, 0.2) is 0 Å². The van der Waals surface area contributed by atoms with Crippen molar-refractivity contribution in [3.05, 3.63) is 41.7 Å². The zero-order valence-electron chi connectivity index (χ0n) is 12.5. The van der Waals surface area contributed by atoms with Crippen LogP contribution in [0.3, 0.4) is 0 Å². The molecule has 22 heavy (non-hydrogen) atoms. The van der Waals surface area contributed by atoms with Crippen molar-refractivity contribution >= 4 is 6.03 Å². The van der Waals surface area contributed by atoms with Crippen molar-refractivity contribution in [2.45, 2.75) is 13.0 Å². The second kappa shape index (κ2) is 7.39. The van der Waals surface area contributed by atoms with E-state index in [2.05, 4.69) is 20.7 Å². The second-order valence-corrected chi connectivity index (χ2v) is 4.62. The SMILES string of the molecule is COc1ccc(F)cc1CCNC(=O)NCc1ncnn1C. The number of aromatic nitrogens is 3. The summed E-state index contributed by atoms with van der Waals surface area (Å²) < 4.78 is 20.0. The fourth-order valence-electron chi connectivity index (χ4n) is 1.96. The molecule has 7 nitrogen and oxygen atoms in total. The molecule has 0 bridgehead atoms. The summed E-state index contributed by atoms with van der Waals surface area (Å²) in [6, 6.07) is 3.98.